The van der Waals surface area contributed by atoms with Crippen LogP contribution >= 0.6 is 0 Å². The van der Waals surface area contributed by atoms with Crippen molar-refractivity contribution in [1.29, 1.82) is 0 Å². The molecule has 69 heavy (non-hydrogen) atoms. The number of nitrogens with zero attached hydrogens (tertiary/aromatic N) is 1. The highest BCUT2D eigenvalue weighted by atomic mass is 16.7. The molecule has 0 N–H and O–H groups in total. The first-order chi connectivity index (χ1) is 32.4. The van der Waals surface area contributed by atoms with Gasteiger partial charge in [0.15, 0.2) is 49.1 Å². The van der Waals surface area contributed by atoms with Crippen LogP contribution in [-0.4, -0.2) is 180 Å². The number of carbonyl (C=O) groups excluding carboxylic acids is 8. The first-order valence-electron chi connectivity index (χ1n) is 23.3. The minimum atomic E-state index is -1.48. The Labute approximate surface area is 405 Å². The number of carbonyl (C=O) groups is 8. The number of likely N-dealkylation sites (N-methyl/N-ethyl adjacent to an activating group) is 1. The lowest BCUT2D eigenvalue weighted by Crippen LogP contribution is -2.67. The van der Waals surface area contributed by atoms with E-state index in [1.54, 1.807) is 60.5 Å². The summed E-state index contributed by atoms with van der Waals surface area (Å²) in [5.74, 6) is -5.69. The zero-order valence-corrected chi connectivity index (χ0v) is 42.9. The van der Waals surface area contributed by atoms with Gasteiger partial charge in [-0.1, -0.05) is 20.8 Å². The minimum Gasteiger partial charge on any atom is -0.462 e. The van der Waals surface area contributed by atoms with E-state index in [-0.39, 0.29) is 38.5 Å². The van der Waals surface area contributed by atoms with Crippen LogP contribution in [0.4, 0.5) is 0 Å². The number of methoxy groups -OCH3 is 3. The quantitative estimate of drug-likeness (QED) is 0.0451. The maximum absolute atomic E-state index is 13.5. The molecule has 2 aliphatic rings. The third kappa shape index (κ3) is 18.5. The molecule has 0 amide bonds. The van der Waals surface area contributed by atoms with Gasteiger partial charge in [0.05, 0.1) is 30.8 Å². The van der Waals surface area contributed by atoms with Crippen molar-refractivity contribution >= 4 is 48.4 Å². The molecule has 22 heteroatoms. The van der Waals surface area contributed by atoms with Crippen LogP contribution in [0.1, 0.15) is 114 Å². The fourth-order valence-electron chi connectivity index (χ4n) is 8.82. The van der Waals surface area contributed by atoms with Gasteiger partial charge in [0.1, 0.15) is 30.7 Å². The third-order valence-electron chi connectivity index (χ3n) is 12.0. The molecule has 0 bridgehead atoms. The zero-order chi connectivity index (χ0) is 52.3. The molecule has 22 nitrogen and oxygen atoms in total. The topological polar surface area (TPSA) is 260 Å². The first kappa shape index (κ1) is 61.0. The first-order valence-corrected chi connectivity index (χ1v) is 23.3. The Kier molecular flexibility index (Phi) is 25.8. The highest BCUT2D eigenvalue weighted by molar-refractivity contribution is 5.73. The zero-order valence-electron chi connectivity index (χ0n) is 42.9. The normalized spacial score (nSPS) is 27.9. The molecule has 396 valence electrons. The molecule has 0 aromatic heterocycles. The summed E-state index contributed by atoms with van der Waals surface area (Å²) >= 11 is 0. The summed E-state index contributed by atoms with van der Waals surface area (Å²) in [6, 6.07) is -0.881. The van der Waals surface area contributed by atoms with Gasteiger partial charge < -0.3 is 71.3 Å². The van der Waals surface area contributed by atoms with Crippen molar-refractivity contribution in [2.24, 2.45) is 11.8 Å². The summed E-state index contributed by atoms with van der Waals surface area (Å²) in [6.07, 6.45) is -14.3. The Morgan fingerprint density at radius 1 is 0.754 bits per heavy atom. The monoisotopic (exact) mass is 991 g/mol. The predicted molar refractivity (Wildman–Crippen MR) is 240 cm³/mol. The highest BCUT2D eigenvalue weighted by Crippen LogP contribution is 2.40. The largest absolute Gasteiger partial charge is 0.462 e. The molecule has 2 aliphatic heterocycles. The molecular weight excluding hydrogens is 915 g/mol. The van der Waals surface area contributed by atoms with Crippen LogP contribution in [0.15, 0.2) is 0 Å². The van der Waals surface area contributed by atoms with Crippen LogP contribution in [0, 0.1) is 11.8 Å². The second kappa shape index (κ2) is 29.2. The number of ether oxygens (including phenoxy) is 13. The number of esters is 6. The minimum absolute atomic E-state index is 0.00100. The van der Waals surface area contributed by atoms with Gasteiger partial charge >= 0.3 is 35.8 Å². The van der Waals surface area contributed by atoms with Gasteiger partial charge in [0.25, 0.3) is 0 Å². The van der Waals surface area contributed by atoms with Crippen molar-refractivity contribution in [3.63, 3.8) is 0 Å². The summed E-state index contributed by atoms with van der Waals surface area (Å²) in [5.41, 5.74) is -1.39. The van der Waals surface area contributed by atoms with E-state index in [9.17, 15) is 38.4 Å². The summed E-state index contributed by atoms with van der Waals surface area (Å²) in [6.45, 7) is 14.9. The Hall–Kier alpha value is -4.16. The fourth-order valence-corrected chi connectivity index (χ4v) is 8.82. The van der Waals surface area contributed by atoms with Gasteiger partial charge in [0, 0.05) is 80.1 Å². The molecule has 0 aliphatic carbocycles. The molecule has 0 aromatic carbocycles. The van der Waals surface area contributed by atoms with Gasteiger partial charge in [-0.05, 0) is 54.1 Å². The molecule has 2 saturated heterocycles. The lowest BCUT2D eigenvalue weighted by Gasteiger charge is -2.51. The molecule has 2 fully saturated rings. The Balaban J connectivity index is 2.87. The van der Waals surface area contributed by atoms with E-state index < -0.39 is 146 Å². The van der Waals surface area contributed by atoms with Crippen LogP contribution in [0.2, 0.25) is 0 Å². The Bertz CT molecular complexity index is 1680. The Morgan fingerprint density at radius 2 is 1.39 bits per heavy atom. The van der Waals surface area contributed by atoms with Crippen LogP contribution < -0.4 is 0 Å². The van der Waals surface area contributed by atoms with E-state index in [0.29, 0.717) is 12.6 Å². The van der Waals surface area contributed by atoms with Gasteiger partial charge in [-0.25, -0.2) is 0 Å². The van der Waals surface area contributed by atoms with Crippen molar-refractivity contribution in [2.75, 3.05) is 35.4 Å². The second-order valence-corrected chi connectivity index (χ2v) is 17.9. The molecule has 0 aromatic rings. The van der Waals surface area contributed by atoms with Crippen LogP contribution in [0.25, 0.3) is 0 Å². The van der Waals surface area contributed by atoms with Crippen LogP contribution in [-0.2, 0) is 99.9 Å². The van der Waals surface area contributed by atoms with E-state index in [4.69, 9.17) is 61.6 Å². The standard InChI is InChI=1S/C47H77NO21/c1-16-35(54)65-33(22-37(56)60-26(4)18-19-49)43(59-15)42(32(21-38(57-13)58-14)20-25(3)34(24-50)63-29(7)51)68-46-44(64-30(8)52)40(48(11)12)41(27(5)62-46)67-39-23-47(10,69-31(9)53)45(28(6)61-39)66-36(55)17-2/h19,24-28,32-34,38-46H,16-18,20-23H2,1-15H3/t25-,26-,27?,28?,32-,33-,34+,39?,40?,41?,42+,43?,44?,45?,46?,47?/m1/s1. The molecule has 0 radical (unpaired) electrons. The molecule has 2 heterocycles. The molecule has 10 unspecified atom stereocenters. The van der Waals surface area contributed by atoms with Gasteiger partial charge in [-0.3, -0.25) is 33.6 Å². The molecule has 0 saturated carbocycles. The highest BCUT2D eigenvalue weighted by Gasteiger charge is 2.56. The van der Waals surface area contributed by atoms with E-state index >= 15 is 0 Å². The number of hydrogen-bond donors (Lipinski definition) is 0. The lowest BCUT2D eigenvalue weighted by molar-refractivity contribution is -0.346. The predicted octanol–water partition coefficient (Wildman–Crippen LogP) is 3.17. The van der Waals surface area contributed by atoms with E-state index in [0.717, 1.165) is 6.92 Å². The van der Waals surface area contributed by atoms with Crippen molar-refractivity contribution in [2.45, 2.75) is 206 Å². The molecular formula is C47H77NO21. The van der Waals surface area contributed by atoms with Crippen molar-refractivity contribution in [3.8, 4) is 0 Å². The lowest BCUT2D eigenvalue weighted by atomic mass is 9.82. The second-order valence-electron chi connectivity index (χ2n) is 17.9. The van der Waals surface area contributed by atoms with Gasteiger partial charge in [-0.15, -0.1) is 0 Å². The van der Waals surface area contributed by atoms with E-state index in [1.165, 1.54) is 42.1 Å². The summed E-state index contributed by atoms with van der Waals surface area (Å²) in [4.78, 5) is 102. The van der Waals surface area contributed by atoms with Gasteiger partial charge in [-0.2, -0.15) is 0 Å². The number of rotatable bonds is 29. The summed E-state index contributed by atoms with van der Waals surface area (Å²) < 4.78 is 78.3. The smallest absolute Gasteiger partial charge is 0.309 e. The molecule has 2 rings (SSSR count). The van der Waals surface area contributed by atoms with E-state index in [1.807, 2.05) is 0 Å². The van der Waals surface area contributed by atoms with Crippen molar-refractivity contribution in [1.82, 2.24) is 4.90 Å². The van der Waals surface area contributed by atoms with Crippen LogP contribution in [0.5, 0.6) is 0 Å². The number of hydrogen-bond acceptors (Lipinski definition) is 22. The Morgan fingerprint density at radius 3 is 1.90 bits per heavy atom. The fraction of sp³-hybridized carbons (Fsp3) is 0.830. The molecule has 0 spiro atoms. The number of aldehydes is 2. The average Bonchev–Trinajstić information content (AvgIpc) is 3.25. The van der Waals surface area contributed by atoms with Crippen molar-refractivity contribution < 1.29 is 99.9 Å². The maximum Gasteiger partial charge on any atom is 0.309 e. The van der Waals surface area contributed by atoms with Crippen molar-refractivity contribution in [3.05, 3.63) is 0 Å². The average molecular weight is 992 g/mol. The third-order valence-corrected chi connectivity index (χ3v) is 12.0. The van der Waals surface area contributed by atoms with Gasteiger partial charge in [0.2, 0.25) is 0 Å². The summed E-state index contributed by atoms with van der Waals surface area (Å²) in [7, 11) is 7.54. The molecule has 16 atom stereocenters. The summed E-state index contributed by atoms with van der Waals surface area (Å²) in [5, 5.41) is 0. The SMILES string of the molecule is CCC(=O)OC1C(C)OC(OC2C(C)OC(O[C@H](C(OC)[C@@H](CC(=O)O[C@H](C)CC=O)OC(=O)CC)[C@@H](CC(OC)OC)C[C@@H](C)[C@H](C=O)OC(C)=O)C(OC(C)=O)C2N(C)C)CC1(C)OC(C)=O. The maximum atomic E-state index is 13.5. The van der Waals surface area contributed by atoms with Crippen LogP contribution in [0.3, 0.4) is 0 Å². The van der Waals surface area contributed by atoms with E-state index in [2.05, 4.69) is 0 Å².